The van der Waals surface area contributed by atoms with Gasteiger partial charge in [0.2, 0.25) is 0 Å². The quantitative estimate of drug-likeness (QED) is 0.540. The lowest BCUT2D eigenvalue weighted by atomic mass is 9.90. The lowest BCUT2D eigenvalue weighted by molar-refractivity contribution is -0.179. The number of ether oxygens (including phenoxy) is 2. The summed E-state index contributed by atoms with van der Waals surface area (Å²) < 4.78 is 39.6. The van der Waals surface area contributed by atoms with Crippen LogP contribution in [0.25, 0.3) is 0 Å². The van der Waals surface area contributed by atoms with Gasteiger partial charge in [-0.15, -0.1) is 0 Å². The molecule has 8 heteroatoms. The second-order valence-electron chi connectivity index (χ2n) is 7.67. The van der Waals surface area contributed by atoms with Crippen LogP contribution in [0.2, 0.25) is 0 Å². The minimum absolute atomic E-state index is 0.00112. The Morgan fingerprint density at radius 3 is 2.58 bits per heavy atom. The molecule has 3 fully saturated rings. The molecule has 136 valence electrons. The van der Waals surface area contributed by atoms with E-state index in [4.69, 9.17) is 13.7 Å². The highest BCUT2D eigenvalue weighted by molar-refractivity contribution is 7.87. The molecule has 0 radical (unpaired) electrons. The highest BCUT2D eigenvalue weighted by Crippen LogP contribution is 2.55. The predicted octanol–water partition coefficient (Wildman–Crippen LogP) is 1.40. The Balaban J connectivity index is 1.61. The van der Waals surface area contributed by atoms with Crippen LogP contribution in [0, 0.1) is 17.3 Å². The predicted molar refractivity (Wildman–Crippen MR) is 83.3 cm³/mol. The first kappa shape index (κ1) is 17.7. The molecule has 0 spiro atoms. The zero-order chi connectivity index (χ0) is 17.9. The fourth-order valence-electron chi connectivity index (χ4n) is 3.79. The van der Waals surface area contributed by atoms with Crippen LogP contribution in [0.3, 0.4) is 0 Å². The zero-order valence-corrected chi connectivity index (χ0v) is 15.2. The van der Waals surface area contributed by atoms with Crippen LogP contribution in [-0.2, 0) is 33.4 Å². The van der Waals surface area contributed by atoms with E-state index in [1.54, 1.807) is 13.8 Å². The third kappa shape index (κ3) is 2.73. The van der Waals surface area contributed by atoms with E-state index in [2.05, 4.69) is 0 Å². The molecule has 6 atom stereocenters. The number of rotatable bonds is 5. The molecule has 2 aliphatic carbocycles. The molecule has 2 bridgehead atoms. The number of carbonyl (C=O) groups excluding carboxylic acids is 2. The summed E-state index contributed by atoms with van der Waals surface area (Å²) in [5, 5.41) is -0.456. The van der Waals surface area contributed by atoms with E-state index < -0.39 is 51.0 Å². The summed E-state index contributed by atoms with van der Waals surface area (Å²) in [6.07, 6.45) is -0.428. The fraction of sp³-hybridized carbons (Fsp3) is 0.875. The Kier molecular flexibility index (Phi) is 4.19. The first-order valence-electron chi connectivity index (χ1n) is 8.40. The van der Waals surface area contributed by atoms with Crippen LogP contribution in [0.15, 0.2) is 0 Å². The lowest BCUT2D eigenvalue weighted by Crippen LogP contribution is -2.41. The summed E-state index contributed by atoms with van der Waals surface area (Å²) in [6, 6.07) is 0. The molecular weight excluding hydrogens is 336 g/mol. The molecule has 1 aliphatic heterocycles. The van der Waals surface area contributed by atoms with Gasteiger partial charge in [-0.3, -0.25) is 8.98 Å². The second-order valence-corrected chi connectivity index (χ2v) is 9.46. The summed E-state index contributed by atoms with van der Waals surface area (Å²) >= 11 is 0. The molecule has 1 heterocycles. The van der Waals surface area contributed by atoms with Crippen molar-refractivity contribution >= 4 is 22.1 Å². The van der Waals surface area contributed by atoms with Crippen molar-refractivity contribution in [3.05, 3.63) is 0 Å². The molecule has 3 rings (SSSR count). The minimum Gasteiger partial charge on any atom is -0.457 e. The van der Waals surface area contributed by atoms with Gasteiger partial charge in [-0.25, -0.2) is 4.79 Å². The summed E-state index contributed by atoms with van der Waals surface area (Å²) in [6.45, 7) is 6.84. The number of fused-ring (bicyclic) bond motifs is 1. The Labute approximate surface area is 142 Å². The van der Waals surface area contributed by atoms with Crippen LogP contribution < -0.4 is 0 Å². The Morgan fingerprint density at radius 2 is 1.96 bits per heavy atom. The minimum atomic E-state index is -3.54. The first-order chi connectivity index (χ1) is 11.1. The highest BCUT2D eigenvalue weighted by atomic mass is 32.2. The molecule has 7 nitrogen and oxygen atoms in total. The van der Waals surface area contributed by atoms with Gasteiger partial charge in [0.25, 0.3) is 10.1 Å². The van der Waals surface area contributed by atoms with E-state index >= 15 is 0 Å². The maximum atomic E-state index is 12.3. The van der Waals surface area contributed by atoms with Crippen LogP contribution in [0.1, 0.15) is 47.0 Å². The third-order valence-corrected chi connectivity index (χ3v) is 7.49. The lowest BCUT2D eigenvalue weighted by Gasteiger charge is -2.27. The molecule has 0 N–H and O–H groups in total. The van der Waals surface area contributed by atoms with Gasteiger partial charge in [-0.1, -0.05) is 6.92 Å². The van der Waals surface area contributed by atoms with Crippen molar-refractivity contribution in [2.75, 3.05) is 0 Å². The highest BCUT2D eigenvalue weighted by Gasteiger charge is 2.65. The van der Waals surface area contributed by atoms with Crippen molar-refractivity contribution in [1.82, 2.24) is 0 Å². The molecule has 0 aromatic heterocycles. The summed E-state index contributed by atoms with van der Waals surface area (Å²) in [5.74, 6) is -1.20. The van der Waals surface area contributed by atoms with Crippen molar-refractivity contribution < 1.29 is 31.7 Å². The monoisotopic (exact) mass is 360 g/mol. The van der Waals surface area contributed by atoms with Crippen molar-refractivity contribution in [2.24, 2.45) is 17.3 Å². The second kappa shape index (κ2) is 5.69. The molecule has 3 aliphatic rings. The number of carbonyl (C=O) groups is 2. The number of hydrogen-bond acceptors (Lipinski definition) is 7. The van der Waals surface area contributed by atoms with E-state index in [1.807, 2.05) is 6.92 Å². The Bertz CT molecular complexity index is 653. The summed E-state index contributed by atoms with van der Waals surface area (Å²) in [5.41, 5.74) is -0.670. The Hall–Kier alpha value is -1.15. The van der Waals surface area contributed by atoms with Crippen molar-refractivity contribution in [3.8, 4) is 0 Å². The van der Waals surface area contributed by atoms with Crippen LogP contribution >= 0.6 is 0 Å². The van der Waals surface area contributed by atoms with Crippen LogP contribution in [-0.4, -0.2) is 43.9 Å². The number of hydrogen-bond donors (Lipinski definition) is 0. The largest absolute Gasteiger partial charge is 0.457 e. The van der Waals surface area contributed by atoms with E-state index in [0.29, 0.717) is 19.3 Å². The van der Waals surface area contributed by atoms with E-state index in [9.17, 15) is 18.0 Å². The van der Waals surface area contributed by atoms with E-state index in [0.717, 1.165) is 0 Å². The molecule has 0 aromatic rings. The smallest absolute Gasteiger partial charge is 0.347 e. The molecule has 1 saturated heterocycles. The van der Waals surface area contributed by atoms with Crippen LogP contribution in [0.5, 0.6) is 0 Å². The van der Waals surface area contributed by atoms with Gasteiger partial charge in [0.05, 0.1) is 10.7 Å². The van der Waals surface area contributed by atoms with Gasteiger partial charge in [0, 0.05) is 11.8 Å². The van der Waals surface area contributed by atoms with Gasteiger partial charge < -0.3 is 9.47 Å². The molecule has 6 unspecified atom stereocenters. The van der Waals surface area contributed by atoms with Crippen LogP contribution in [0.4, 0.5) is 0 Å². The molecule has 0 aromatic carbocycles. The SMILES string of the molecule is CCC(C)(C)C(=O)OC(C)C(=O)OC1C2CC3C1OS(=O)(=O)C3C2. The van der Waals surface area contributed by atoms with Gasteiger partial charge in [-0.05, 0) is 40.0 Å². The van der Waals surface area contributed by atoms with Gasteiger partial charge in [-0.2, -0.15) is 8.42 Å². The normalized spacial score (nSPS) is 37.2. The Morgan fingerprint density at radius 1 is 1.29 bits per heavy atom. The number of esters is 2. The topological polar surface area (TPSA) is 96.0 Å². The molecule has 24 heavy (non-hydrogen) atoms. The van der Waals surface area contributed by atoms with E-state index in [1.165, 1.54) is 6.92 Å². The van der Waals surface area contributed by atoms with Crippen molar-refractivity contribution in [1.29, 1.82) is 0 Å². The first-order valence-corrected chi connectivity index (χ1v) is 9.87. The van der Waals surface area contributed by atoms with Gasteiger partial charge in [0.1, 0.15) is 12.2 Å². The van der Waals surface area contributed by atoms with E-state index in [-0.39, 0.29) is 11.8 Å². The molecular formula is C16H24O7S. The third-order valence-electron chi connectivity index (χ3n) is 5.72. The molecule has 2 saturated carbocycles. The summed E-state index contributed by atoms with van der Waals surface area (Å²) in [4.78, 5) is 24.3. The van der Waals surface area contributed by atoms with Crippen molar-refractivity contribution in [3.63, 3.8) is 0 Å². The van der Waals surface area contributed by atoms with Crippen molar-refractivity contribution in [2.45, 2.75) is 70.5 Å². The molecule has 0 amide bonds. The fourth-order valence-corrected chi connectivity index (χ4v) is 5.67. The maximum absolute atomic E-state index is 12.3. The standard InChI is InChI=1S/C16H24O7S/c1-5-16(3,4)15(18)21-8(2)14(17)22-12-9-6-10-11(7-9)24(19,20)23-13(10)12/h8-13H,5-7H2,1-4H3. The summed E-state index contributed by atoms with van der Waals surface area (Å²) in [7, 11) is -3.54. The zero-order valence-electron chi connectivity index (χ0n) is 14.4. The van der Waals surface area contributed by atoms with Gasteiger partial charge in [0.15, 0.2) is 6.10 Å². The average Bonchev–Trinajstić information content (AvgIpc) is 3.11. The average molecular weight is 360 g/mol. The maximum Gasteiger partial charge on any atom is 0.347 e. The van der Waals surface area contributed by atoms with Gasteiger partial charge >= 0.3 is 11.9 Å².